The molecule has 0 spiro atoms. The molecule has 166 valence electrons. The number of aromatic nitrogens is 2. The van der Waals surface area contributed by atoms with Crippen LogP contribution in [0.3, 0.4) is 0 Å². The van der Waals surface area contributed by atoms with Crippen molar-refractivity contribution in [2.75, 3.05) is 18.0 Å². The number of rotatable bonds is 5. The SMILES string of the molecule is CC(C)(O)C(F)(F)Oc1ccc(-c2nccs2)c2nc(N3CC4CCCC(C3)N4)oc12. The van der Waals surface area contributed by atoms with Crippen LogP contribution >= 0.6 is 11.3 Å². The Kier molecular flexibility index (Phi) is 4.91. The van der Waals surface area contributed by atoms with Gasteiger partial charge in [-0.2, -0.15) is 13.8 Å². The number of nitrogens with one attached hydrogen (secondary N) is 1. The maximum atomic E-state index is 14.5. The quantitative estimate of drug-likeness (QED) is 0.607. The van der Waals surface area contributed by atoms with Gasteiger partial charge in [0.25, 0.3) is 6.01 Å². The lowest BCUT2D eigenvalue weighted by molar-refractivity contribution is -0.275. The van der Waals surface area contributed by atoms with Gasteiger partial charge in [0.2, 0.25) is 0 Å². The highest BCUT2D eigenvalue weighted by molar-refractivity contribution is 7.13. The number of thiazole rings is 1. The number of halogens is 2. The third-order valence-electron chi connectivity index (χ3n) is 5.84. The van der Waals surface area contributed by atoms with Crippen molar-refractivity contribution in [1.82, 2.24) is 15.3 Å². The van der Waals surface area contributed by atoms with E-state index < -0.39 is 11.7 Å². The van der Waals surface area contributed by atoms with Crippen LogP contribution in [0.15, 0.2) is 28.1 Å². The average molecular weight is 451 g/mol. The Hall–Kier alpha value is -2.30. The summed E-state index contributed by atoms with van der Waals surface area (Å²) in [5, 5.41) is 16.0. The molecule has 0 amide bonds. The number of piperidine rings is 1. The molecule has 2 aliphatic heterocycles. The Balaban J connectivity index is 1.58. The first-order chi connectivity index (χ1) is 14.7. The highest BCUT2D eigenvalue weighted by atomic mass is 32.1. The van der Waals surface area contributed by atoms with Crippen molar-refractivity contribution in [3.05, 3.63) is 23.7 Å². The molecule has 2 aromatic heterocycles. The van der Waals surface area contributed by atoms with Gasteiger partial charge in [0.15, 0.2) is 16.9 Å². The molecule has 0 radical (unpaired) electrons. The van der Waals surface area contributed by atoms with Crippen LogP contribution in [0, 0.1) is 0 Å². The van der Waals surface area contributed by atoms with Gasteiger partial charge in [-0.25, -0.2) is 4.98 Å². The molecule has 4 heterocycles. The Morgan fingerprint density at radius 2 is 2.00 bits per heavy atom. The minimum absolute atomic E-state index is 0.121. The topological polar surface area (TPSA) is 83.7 Å². The zero-order valence-corrected chi connectivity index (χ0v) is 18.1. The van der Waals surface area contributed by atoms with E-state index in [1.807, 2.05) is 5.38 Å². The van der Waals surface area contributed by atoms with Gasteiger partial charge in [-0.3, -0.25) is 0 Å². The maximum absolute atomic E-state index is 14.5. The number of anilines is 1. The summed E-state index contributed by atoms with van der Waals surface area (Å²) in [5.74, 6) is -0.170. The first-order valence-electron chi connectivity index (χ1n) is 10.3. The summed E-state index contributed by atoms with van der Waals surface area (Å²) < 4.78 is 39.9. The Morgan fingerprint density at radius 3 is 2.65 bits per heavy atom. The predicted octanol–water partition coefficient (Wildman–Crippen LogP) is 4.02. The Bertz CT molecular complexity index is 1070. The van der Waals surface area contributed by atoms with Crippen molar-refractivity contribution in [2.45, 2.75) is 56.9 Å². The standard InChI is InChI=1S/C21H24F2N4O3S/c1-20(2,28)21(22,23)30-15-7-6-14(18-24-8-9-31-18)16-17(15)29-19(26-16)27-10-12-4-3-5-13(11-27)25-12/h6-9,12-13,25,28H,3-5,10-11H2,1-2H3. The molecule has 2 unspecified atom stereocenters. The fourth-order valence-electron chi connectivity index (χ4n) is 4.14. The molecule has 2 fully saturated rings. The van der Waals surface area contributed by atoms with Crippen LogP contribution in [0.5, 0.6) is 5.75 Å². The Morgan fingerprint density at radius 1 is 1.26 bits per heavy atom. The van der Waals surface area contributed by atoms with Crippen LogP contribution in [0.25, 0.3) is 21.7 Å². The van der Waals surface area contributed by atoms with E-state index >= 15 is 0 Å². The van der Waals surface area contributed by atoms with E-state index in [0.717, 1.165) is 39.8 Å². The molecule has 0 saturated carbocycles. The van der Waals surface area contributed by atoms with E-state index in [2.05, 4.69) is 20.2 Å². The van der Waals surface area contributed by atoms with Gasteiger partial charge in [-0.15, -0.1) is 11.3 Å². The summed E-state index contributed by atoms with van der Waals surface area (Å²) in [4.78, 5) is 11.1. The van der Waals surface area contributed by atoms with Crippen LogP contribution in [-0.2, 0) is 0 Å². The number of hydrogen-bond donors (Lipinski definition) is 2. The number of oxazole rings is 1. The van der Waals surface area contributed by atoms with Gasteiger partial charge in [-0.05, 0) is 38.8 Å². The number of ether oxygens (including phenoxy) is 1. The molecule has 2 saturated heterocycles. The molecule has 3 aromatic rings. The summed E-state index contributed by atoms with van der Waals surface area (Å²) in [5.41, 5.74) is -1.14. The molecule has 1 aromatic carbocycles. The Labute approximate surface area is 182 Å². The second-order valence-corrected chi connectivity index (χ2v) is 9.59. The summed E-state index contributed by atoms with van der Waals surface area (Å²) in [6.45, 7) is 3.48. The molecule has 5 rings (SSSR count). The first-order valence-corrected chi connectivity index (χ1v) is 11.2. The second kappa shape index (κ2) is 7.39. The van der Waals surface area contributed by atoms with E-state index in [0.29, 0.717) is 34.2 Å². The first kappa shape index (κ1) is 20.6. The molecular weight excluding hydrogens is 426 g/mol. The van der Waals surface area contributed by atoms with Crippen molar-refractivity contribution in [2.24, 2.45) is 0 Å². The number of aliphatic hydroxyl groups is 1. The van der Waals surface area contributed by atoms with E-state index in [4.69, 9.17) is 9.15 Å². The highest BCUT2D eigenvalue weighted by Crippen LogP contribution is 2.41. The summed E-state index contributed by atoms with van der Waals surface area (Å²) in [6, 6.07) is 4.16. The molecule has 2 N–H and O–H groups in total. The number of benzene rings is 1. The summed E-state index contributed by atoms with van der Waals surface area (Å²) in [7, 11) is 0. The zero-order chi connectivity index (χ0) is 21.8. The van der Waals surface area contributed by atoms with Crippen LogP contribution in [0.4, 0.5) is 14.8 Å². The van der Waals surface area contributed by atoms with Crippen LogP contribution in [0.1, 0.15) is 33.1 Å². The van der Waals surface area contributed by atoms with E-state index in [9.17, 15) is 13.9 Å². The van der Waals surface area contributed by atoms with Crippen molar-refractivity contribution in [3.8, 4) is 16.3 Å². The van der Waals surface area contributed by atoms with E-state index in [-0.39, 0.29) is 11.3 Å². The zero-order valence-electron chi connectivity index (χ0n) is 17.3. The van der Waals surface area contributed by atoms with Crippen molar-refractivity contribution in [3.63, 3.8) is 0 Å². The molecule has 0 aliphatic carbocycles. The summed E-state index contributed by atoms with van der Waals surface area (Å²) in [6.07, 6.45) is 1.23. The lowest BCUT2D eigenvalue weighted by atomic mass is 9.94. The fraction of sp³-hybridized carbons (Fsp3) is 0.524. The van der Waals surface area contributed by atoms with E-state index in [1.165, 1.54) is 23.8 Å². The van der Waals surface area contributed by atoms with Crippen LogP contribution in [0.2, 0.25) is 0 Å². The third-order valence-corrected chi connectivity index (χ3v) is 6.64. The van der Waals surface area contributed by atoms with Crippen molar-refractivity contribution in [1.29, 1.82) is 0 Å². The molecule has 2 aliphatic rings. The maximum Gasteiger partial charge on any atom is 0.426 e. The largest absolute Gasteiger partial charge is 0.426 e. The predicted molar refractivity (Wildman–Crippen MR) is 114 cm³/mol. The van der Waals surface area contributed by atoms with E-state index in [1.54, 1.807) is 12.3 Å². The van der Waals surface area contributed by atoms with Crippen molar-refractivity contribution < 1.29 is 23.0 Å². The van der Waals surface area contributed by atoms with Crippen LogP contribution < -0.4 is 15.0 Å². The fourth-order valence-corrected chi connectivity index (χ4v) is 4.81. The second-order valence-electron chi connectivity index (χ2n) is 8.70. The monoisotopic (exact) mass is 450 g/mol. The lowest BCUT2D eigenvalue weighted by Gasteiger charge is -2.41. The number of nitrogens with zero attached hydrogens (tertiary/aromatic N) is 3. The van der Waals surface area contributed by atoms with Gasteiger partial charge >= 0.3 is 6.11 Å². The highest BCUT2D eigenvalue weighted by Gasteiger charge is 2.49. The number of alkyl halides is 2. The lowest BCUT2D eigenvalue weighted by Crippen LogP contribution is -2.58. The normalized spacial score (nSPS) is 22.2. The van der Waals surface area contributed by atoms with Crippen LogP contribution in [-0.4, -0.2) is 52.0 Å². The number of hydrogen-bond acceptors (Lipinski definition) is 8. The minimum atomic E-state index is -3.82. The van der Waals surface area contributed by atoms with Gasteiger partial charge in [0, 0.05) is 42.3 Å². The number of fused-ring (bicyclic) bond motifs is 3. The third kappa shape index (κ3) is 3.77. The van der Waals surface area contributed by atoms with Crippen molar-refractivity contribution >= 4 is 28.5 Å². The molecule has 10 heteroatoms. The van der Waals surface area contributed by atoms with Gasteiger partial charge in [0.1, 0.15) is 10.5 Å². The smallest absolute Gasteiger partial charge is 0.426 e. The molecule has 2 atom stereocenters. The molecule has 31 heavy (non-hydrogen) atoms. The molecule has 2 bridgehead atoms. The number of piperazine rings is 1. The molecule has 7 nitrogen and oxygen atoms in total. The van der Waals surface area contributed by atoms with Gasteiger partial charge in [-0.1, -0.05) is 6.42 Å². The molecular formula is C21H24F2N4O3S. The average Bonchev–Trinajstić information content (AvgIpc) is 3.37. The minimum Gasteiger partial charge on any atom is -0.426 e. The van der Waals surface area contributed by atoms with Gasteiger partial charge < -0.3 is 24.5 Å². The van der Waals surface area contributed by atoms with Gasteiger partial charge in [0.05, 0.1) is 0 Å². The summed E-state index contributed by atoms with van der Waals surface area (Å²) >= 11 is 1.43.